The summed E-state index contributed by atoms with van der Waals surface area (Å²) in [7, 11) is 0. The van der Waals surface area contributed by atoms with Crippen LogP contribution in [0.5, 0.6) is 11.5 Å². The fourth-order valence-corrected chi connectivity index (χ4v) is 6.69. The molecule has 0 heterocycles. The molecule has 0 bridgehead atoms. The summed E-state index contributed by atoms with van der Waals surface area (Å²) in [6.45, 7) is 11.2. The third-order valence-electron chi connectivity index (χ3n) is 8.92. The van der Waals surface area contributed by atoms with Crippen molar-refractivity contribution >= 4 is 0 Å². The summed E-state index contributed by atoms with van der Waals surface area (Å²) in [4.78, 5) is 0. The van der Waals surface area contributed by atoms with E-state index in [0.29, 0.717) is 11.5 Å². The number of aromatic hydroxyl groups is 2. The molecule has 2 aromatic carbocycles. The maximum Gasteiger partial charge on any atom is 0.119 e. The van der Waals surface area contributed by atoms with Gasteiger partial charge in [-0.1, -0.05) is 71.4 Å². The van der Waals surface area contributed by atoms with Crippen LogP contribution in [0, 0.1) is 13.8 Å². The Balaban J connectivity index is 1.77. The van der Waals surface area contributed by atoms with E-state index in [4.69, 9.17) is 0 Å². The number of phenolic OH excluding ortho intramolecular Hbond substituents is 2. The molecular weight excluding hydrogens is 392 g/mol. The Labute approximate surface area is 195 Å². The maximum atomic E-state index is 10.9. The van der Waals surface area contributed by atoms with Crippen LogP contribution in [0.4, 0.5) is 0 Å². The lowest BCUT2D eigenvalue weighted by atomic mass is 9.68. The molecular formula is C30H42O2. The number of rotatable bonds is 4. The highest BCUT2D eigenvalue weighted by Crippen LogP contribution is 2.47. The first-order valence-corrected chi connectivity index (χ1v) is 12.8. The van der Waals surface area contributed by atoms with Crippen molar-refractivity contribution in [3.8, 4) is 11.5 Å². The largest absolute Gasteiger partial charge is 0.508 e. The fraction of sp³-hybridized carbons (Fsp3) is 0.600. The molecule has 2 heteroatoms. The quantitative estimate of drug-likeness (QED) is 0.508. The van der Waals surface area contributed by atoms with Crippen LogP contribution < -0.4 is 0 Å². The van der Waals surface area contributed by atoms with Gasteiger partial charge in [-0.3, -0.25) is 0 Å². The second-order valence-corrected chi connectivity index (χ2v) is 11.4. The van der Waals surface area contributed by atoms with Crippen LogP contribution in [0.25, 0.3) is 0 Å². The molecule has 2 aliphatic rings. The van der Waals surface area contributed by atoms with E-state index in [9.17, 15) is 10.2 Å². The molecule has 0 radical (unpaired) electrons. The first-order chi connectivity index (χ1) is 15.1. The molecule has 32 heavy (non-hydrogen) atoms. The second kappa shape index (κ2) is 8.76. The van der Waals surface area contributed by atoms with Crippen LogP contribution in [0.1, 0.15) is 124 Å². The van der Waals surface area contributed by atoms with E-state index in [1.165, 1.54) is 49.7 Å². The van der Waals surface area contributed by atoms with Crippen molar-refractivity contribution in [2.75, 3.05) is 0 Å². The van der Waals surface area contributed by atoms with Gasteiger partial charge in [-0.2, -0.15) is 0 Å². The molecule has 0 unspecified atom stereocenters. The molecule has 4 rings (SSSR count). The van der Waals surface area contributed by atoms with Crippen molar-refractivity contribution in [1.29, 1.82) is 0 Å². The topological polar surface area (TPSA) is 40.5 Å². The molecule has 2 aliphatic carbocycles. The lowest BCUT2D eigenvalue weighted by molar-refractivity contribution is 0.307. The zero-order valence-corrected chi connectivity index (χ0v) is 20.9. The summed E-state index contributed by atoms with van der Waals surface area (Å²) < 4.78 is 0. The highest BCUT2D eigenvalue weighted by molar-refractivity contribution is 5.53. The van der Waals surface area contributed by atoms with Gasteiger partial charge in [-0.25, -0.2) is 0 Å². The van der Waals surface area contributed by atoms with Crippen LogP contribution in [0.3, 0.4) is 0 Å². The average molecular weight is 435 g/mol. The van der Waals surface area contributed by atoms with Crippen LogP contribution >= 0.6 is 0 Å². The zero-order chi connectivity index (χ0) is 23.1. The molecule has 0 saturated heterocycles. The Hall–Kier alpha value is -1.96. The predicted molar refractivity (Wildman–Crippen MR) is 134 cm³/mol. The lowest BCUT2D eigenvalue weighted by Gasteiger charge is -2.36. The normalized spacial score (nSPS) is 20.4. The smallest absolute Gasteiger partial charge is 0.119 e. The number of hydrogen-bond acceptors (Lipinski definition) is 2. The molecule has 0 atom stereocenters. The van der Waals surface area contributed by atoms with Crippen molar-refractivity contribution in [2.45, 2.75) is 116 Å². The number of phenols is 2. The van der Waals surface area contributed by atoms with Crippen LogP contribution in [-0.4, -0.2) is 10.2 Å². The van der Waals surface area contributed by atoms with E-state index in [-0.39, 0.29) is 16.7 Å². The van der Waals surface area contributed by atoms with Gasteiger partial charge in [0.1, 0.15) is 11.5 Å². The predicted octanol–water partition coefficient (Wildman–Crippen LogP) is 8.31. The monoisotopic (exact) mass is 434 g/mol. The molecule has 2 saturated carbocycles. The molecule has 2 aromatic rings. The summed E-state index contributed by atoms with van der Waals surface area (Å²) >= 11 is 0. The van der Waals surface area contributed by atoms with E-state index in [1.54, 1.807) is 0 Å². The second-order valence-electron chi connectivity index (χ2n) is 11.4. The van der Waals surface area contributed by atoms with Crippen LogP contribution in [0.2, 0.25) is 0 Å². The van der Waals surface area contributed by atoms with Gasteiger partial charge < -0.3 is 10.2 Å². The van der Waals surface area contributed by atoms with Gasteiger partial charge in [-0.15, -0.1) is 0 Å². The summed E-state index contributed by atoms with van der Waals surface area (Å²) in [5.41, 5.74) is 7.29. The third-order valence-corrected chi connectivity index (χ3v) is 8.92. The van der Waals surface area contributed by atoms with E-state index in [2.05, 4.69) is 46.8 Å². The SMILES string of the molecule is Cc1cc(O)c(C2(C)CCCCC2)cc1C(C)c1cc(C2(C)CCCCC2)c(O)cc1C. The van der Waals surface area contributed by atoms with Gasteiger partial charge in [0, 0.05) is 17.0 Å². The standard InChI is InChI=1S/C30H42O2/c1-20-16-27(31)25(29(4)12-8-6-9-13-29)18-23(20)22(3)24-19-26(28(32)17-21(24)2)30(5)14-10-7-11-15-30/h16-19,22,31-32H,6-15H2,1-5H3. The molecule has 0 aliphatic heterocycles. The van der Waals surface area contributed by atoms with Gasteiger partial charge in [0.05, 0.1) is 0 Å². The third kappa shape index (κ3) is 4.18. The van der Waals surface area contributed by atoms with Gasteiger partial charge >= 0.3 is 0 Å². The summed E-state index contributed by atoms with van der Waals surface area (Å²) in [5.74, 6) is 1.13. The Morgan fingerprint density at radius 3 is 1.31 bits per heavy atom. The molecule has 2 N–H and O–H groups in total. The Morgan fingerprint density at radius 2 is 0.969 bits per heavy atom. The highest BCUT2D eigenvalue weighted by atomic mass is 16.3. The van der Waals surface area contributed by atoms with Crippen molar-refractivity contribution in [3.63, 3.8) is 0 Å². The Kier molecular flexibility index (Phi) is 6.36. The number of benzene rings is 2. The van der Waals surface area contributed by atoms with Gasteiger partial charge in [0.15, 0.2) is 0 Å². The minimum atomic E-state index is 0.0647. The number of hydrogen-bond donors (Lipinski definition) is 2. The zero-order valence-electron chi connectivity index (χ0n) is 20.9. The average Bonchev–Trinajstić information content (AvgIpc) is 2.74. The lowest BCUT2D eigenvalue weighted by Crippen LogP contribution is -2.26. The first-order valence-electron chi connectivity index (χ1n) is 12.8. The first kappa shape index (κ1) is 23.2. The summed E-state index contributed by atoms with van der Waals surface area (Å²) in [6, 6.07) is 8.57. The molecule has 0 amide bonds. The Bertz CT molecular complexity index is 895. The van der Waals surface area contributed by atoms with Gasteiger partial charge in [0.25, 0.3) is 0 Å². The maximum absolute atomic E-state index is 10.9. The van der Waals surface area contributed by atoms with Crippen LogP contribution in [-0.2, 0) is 10.8 Å². The van der Waals surface area contributed by atoms with E-state index in [0.717, 1.165) is 47.9 Å². The molecule has 2 nitrogen and oxygen atoms in total. The van der Waals surface area contributed by atoms with Crippen molar-refractivity contribution in [1.82, 2.24) is 0 Å². The fourth-order valence-electron chi connectivity index (χ4n) is 6.69. The van der Waals surface area contributed by atoms with Crippen molar-refractivity contribution < 1.29 is 10.2 Å². The molecule has 174 valence electrons. The summed E-state index contributed by atoms with van der Waals surface area (Å²) in [5, 5.41) is 21.8. The molecule has 0 aromatic heterocycles. The molecule has 2 fully saturated rings. The van der Waals surface area contributed by atoms with Crippen LogP contribution in [0.15, 0.2) is 24.3 Å². The Morgan fingerprint density at radius 1 is 0.625 bits per heavy atom. The minimum absolute atomic E-state index is 0.0647. The van der Waals surface area contributed by atoms with Gasteiger partial charge in [0.2, 0.25) is 0 Å². The van der Waals surface area contributed by atoms with Crippen molar-refractivity contribution in [2.24, 2.45) is 0 Å². The van der Waals surface area contributed by atoms with E-state index >= 15 is 0 Å². The van der Waals surface area contributed by atoms with Crippen molar-refractivity contribution in [3.05, 3.63) is 57.6 Å². The van der Waals surface area contributed by atoms with Gasteiger partial charge in [-0.05, 0) is 84.7 Å². The minimum Gasteiger partial charge on any atom is -0.508 e. The van der Waals surface area contributed by atoms with E-state index in [1.807, 2.05) is 12.1 Å². The highest BCUT2D eigenvalue weighted by Gasteiger charge is 2.34. The molecule has 0 spiro atoms. The summed E-state index contributed by atoms with van der Waals surface area (Å²) in [6.07, 6.45) is 12.2. The van der Waals surface area contributed by atoms with E-state index < -0.39 is 0 Å². The number of aryl methyl sites for hydroxylation is 2.